The summed E-state index contributed by atoms with van der Waals surface area (Å²) < 4.78 is 24.9. The maximum atomic E-state index is 14.5. The zero-order chi connectivity index (χ0) is 17.8. The van der Waals surface area contributed by atoms with Gasteiger partial charge in [-0.3, -0.25) is 9.69 Å². The summed E-state index contributed by atoms with van der Waals surface area (Å²) in [5, 5.41) is 2.56. The summed E-state index contributed by atoms with van der Waals surface area (Å²) in [5.41, 5.74) is 0.913. The highest BCUT2D eigenvalue weighted by Crippen LogP contribution is 2.28. The van der Waals surface area contributed by atoms with E-state index in [1.807, 2.05) is 4.90 Å². The highest BCUT2D eigenvalue weighted by atomic mass is 35.5. The van der Waals surface area contributed by atoms with Crippen molar-refractivity contribution in [2.24, 2.45) is 0 Å². The Bertz CT molecular complexity index is 654. The molecule has 2 heterocycles. The number of halogens is 2. The molecule has 0 radical (unpaired) electrons. The number of morpholine rings is 1. The smallest absolute Gasteiger partial charge is 0.414 e. The molecule has 136 valence electrons. The molecule has 2 amide bonds. The molecule has 0 aliphatic carbocycles. The van der Waals surface area contributed by atoms with Gasteiger partial charge in [-0.1, -0.05) is 0 Å². The molecule has 1 atom stereocenters. The van der Waals surface area contributed by atoms with Gasteiger partial charge in [-0.15, -0.1) is 11.6 Å². The molecule has 1 aromatic rings. The lowest BCUT2D eigenvalue weighted by Crippen LogP contribution is -2.37. The number of anilines is 2. The van der Waals surface area contributed by atoms with E-state index in [1.54, 1.807) is 12.1 Å². The van der Waals surface area contributed by atoms with Crippen molar-refractivity contribution in [3.05, 3.63) is 24.0 Å². The van der Waals surface area contributed by atoms with E-state index < -0.39 is 18.0 Å². The minimum atomic E-state index is -0.566. The van der Waals surface area contributed by atoms with Gasteiger partial charge in [0.25, 0.3) is 0 Å². The van der Waals surface area contributed by atoms with Crippen LogP contribution >= 0.6 is 11.6 Å². The highest BCUT2D eigenvalue weighted by Gasteiger charge is 2.33. The van der Waals surface area contributed by atoms with Gasteiger partial charge in [-0.25, -0.2) is 9.18 Å². The molecule has 2 aliphatic rings. The van der Waals surface area contributed by atoms with Crippen molar-refractivity contribution in [3.8, 4) is 0 Å². The Balaban J connectivity index is 1.66. The second-order valence-corrected chi connectivity index (χ2v) is 6.06. The first-order chi connectivity index (χ1) is 12.1. The molecule has 0 spiro atoms. The molecular formula is C16H19ClFN3O4. The van der Waals surface area contributed by atoms with E-state index in [9.17, 15) is 14.0 Å². The number of carbonyl (C=O) groups is 2. The van der Waals surface area contributed by atoms with Crippen LogP contribution in [0.25, 0.3) is 0 Å². The average Bonchev–Trinajstić information content (AvgIpc) is 3.01. The fourth-order valence-corrected chi connectivity index (χ4v) is 2.93. The fraction of sp³-hybridized carbons (Fsp3) is 0.500. The van der Waals surface area contributed by atoms with Crippen LogP contribution in [0.4, 0.5) is 20.6 Å². The standard InChI is InChI=1S/C16H19ClFN3O4/c17-8-15(22)19-9-12-10-21(16(23)25-12)11-1-2-14(13(18)7-11)20-3-5-24-6-4-20/h1-2,7,12H,3-6,8-10H2,(H,19,22). The quantitative estimate of drug-likeness (QED) is 0.791. The van der Waals surface area contributed by atoms with Crippen LogP contribution < -0.4 is 15.1 Å². The topological polar surface area (TPSA) is 71.1 Å². The van der Waals surface area contributed by atoms with Gasteiger partial charge in [0.15, 0.2) is 0 Å². The van der Waals surface area contributed by atoms with Crippen LogP contribution in [-0.4, -0.2) is 63.4 Å². The van der Waals surface area contributed by atoms with Crippen molar-refractivity contribution >= 4 is 35.0 Å². The van der Waals surface area contributed by atoms with E-state index in [4.69, 9.17) is 21.1 Å². The van der Waals surface area contributed by atoms with Crippen LogP contribution in [0.3, 0.4) is 0 Å². The highest BCUT2D eigenvalue weighted by molar-refractivity contribution is 6.27. The van der Waals surface area contributed by atoms with Crippen molar-refractivity contribution in [2.45, 2.75) is 6.10 Å². The monoisotopic (exact) mass is 371 g/mol. The van der Waals surface area contributed by atoms with Gasteiger partial charge in [-0.05, 0) is 18.2 Å². The Morgan fingerprint density at radius 1 is 1.36 bits per heavy atom. The molecular weight excluding hydrogens is 353 g/mol. The number of benzene rings is 1. The number of carbonyl (C=O) groups excluding carboxylic acids is 2. The predicted octanol–water partition coefficient (Wildman–Crippen LogP) is 1.34. The van der Waals surface area contributed by atoms with Crippen LogP contribution in [0.2, 0.25) is 0 Å². The summed E-state index contributed by atoms with van der Waals surface area (Å²) in [4.78, 5) is 26.4. The largest absolute Gasteiger partial charge is 0.442 e. The number of alkyl halides is 1. The van der Waals surface area contributed by atoms with E-state index in [1.165, 1.54) is 11.0 Å². The molecule has 0 aromatic heterocycles. The molecule has 0 saturated carbocycles. The van der Waals surface area contributed by atoms with E-state index in [-0.39, 0.29) is 24.9 Å². The molecule has 3 rings (SSSR count). The molecule has 9 heteroatoms. The predicted molar refractivity (Wildman–Crippen MR) is 90.8 cm³/mol. The third-order valence-corrected chi connectivity index (χ3v) is 4.36. The van der Waals surface area contributed by atoms with Crippen molar-refractivity contribution in [3.63, 3.8) is 0 Å². The lowest BCUT2D eigenvalue weighted by Gasteiger charge is -2.29. The molecule has 1 unspecified atom stereocenters. The van der Waals surface area contributed by atoms with Crippen LogP contribution in [0.15, 0.2) is 18.2 Å². The molecule has 25 heavy (non-hydrogen) atoms. The molecule has 1 N–H and O–H groups in total. The number of cyclic esters (lactones) is 1. The second kappa shape index (κ2) is 7.88. The fourth-order valence-electron chi connectivity index (χ4n) is 2.84. The van der Waals surface area contributed by atoms with Gasteiger partial charge in [-0.2, -0.15) is 0 Å². The maximum absolute atomic E-state index is 14.5. The number of hydrogen-bond acceptors (Lipinski definition) is 5. The van der Waals surface area contributed by atoms with E-state index >= 15 is 0 Å². The average molecular weight is 372 g/mol. The van der Waals surface area contributed by atoms with E-state index in [0.717, 1.165) is 0 Å². The van der Waals surface area contributed by atoms with Gasteiger partial charge < -0.3 is 19.7 Å². The van der Waals surface area contributed by atoms with Crippen molar-refractivity contribution < 1.29 is 23.5 Å². The maximum Gasteiger partial charge on any atom is 0.414 e. The van der Waals surface area contributed by atoms with Gasteiger partial charge in [0.1, 0.15) is 17.8 Å². The first kappa shape index (κ1) is 17.8. The number of nitrogens with zero attached hydrogens (tertiary/aromatic N) is 2. The Morgan fingerprint density at radius 3 is 2.80 bits per heavy atom. The number of hydrogen-bond donors (Lipinski definition) is 1. The van der Waals surface area contributed by atoms with Crippen LogP contribution in [0.1, 0.15) is 0 Å². The Hall–Kier alpha value is -2.06. The molecule has 0 bridgehead atoms. The van der Waals surface area contributed by atoms with Crippen LogP contribution in [0.5, 0.6) is 0 Å². The van der Waals surface area contributed by atoms with Crippen LogP contribution in [-0.2, 0) is 14.3 Å². The SMILES string of the molecule is O=C(CCl)NCC1CN(c2ccc(N3CCOCC3)c(F)c2)C(=O)O1. The summed E-state index contributed by atoms with van der Waals surface area (Å²) >= 11 is 5.40. The third kappa shape index (κ3) is 4.13. The number of nitrogens with one attached hydrogen (secondary N) is 1. The Labute approximate surface area is 149 Å². The number of amides is 2. The van der Waals surface area contributed by atoms with Gasteiger partial charge >= 0.3 is 6.09 Å². The summed E-state index contributed by atoms with van der Waals surface area (Å²) in [6.07, 6.45) is -1.06. The molecule has 7 nitrogen and oxygen atoms in total. The van der Waals surface area contributed by atoms with Crippen molar-refractivity contribution in [2.75, 3.05) is 55.1 Å². The summed E-state index contributed by atoms with van der Waals surface area (Å²) in [6, 6.07) is 4.67. The first-order valence-electron chi connectivity index (χ1n) is 8.01. The third-order valence-electron chi connectivity index (χ3n) is 4.12. The molecule has 2 aliphatic heterocycles. The number of ether oxygens (including phenoxy) is 2. The molecule has 2 fully saturated rings. The van der Waals surface area contributed by atoms with E-state index in [0.29, 0.717) is 37.7 Å². The lowest BCUT2D eigenvalue weighted by atomic mass is 10.2. The van der Waals surface area contributed by atoms with E-state index in [2.05, 4.69) is 5.32 Å². The number of rotatable bonds is 5. The normalized spacial score (nSPS) is 20.6. The minimum absolute atomic E-state index is 0.154. The van der Waals surface area contributed by atoms with Crippen molar-refractivity contribution in [1.29, 1.82) is 0 Å². The second-order valence-electron chi connectivity index (χ2n) is 5.79. The van der Waals surface area contributed by atoms with Crippen molar-refractivity contribution in [1.82, 2.24) is 5.32 Å². The lowest BCUT2D eigenvalue weighted by molar-refractivity contribution is -0.119. The van der Waals surface area contributed by atoms with Crippen LogP contribution in [0, 0.1) is 5.82 Å². The summed E-state index contributed by atoms with van der Waals surface area (Å²) in [5.74, 6) is -0.887. The molecule has 2 saturated heterocycles. The Kier molecular flexibility index (Phi) is 5.60. The zero-order valence-corrected chi connectivity index (χ0v) is 14.3. The minimum Gasteiger partial charge on any atom is -0.442 e. The first-order valence-corrected chi connectivity index (χ1v) is 8.55. The zero-order valence-electron chi connectivity index (χ0n) is 13.5. The Morgan fingerprint density at radius 2 is 2.12 bits per heavy atom. The molecule has 1 aromatic carbocycles. The van der Waals surface area contributed by atoms with Gasteiger partial charge in [0, 0.05) is 13.1 Å². The summed E-state index contributed by atoms with van der Waals surface area (Å²) in [6.45, 7) is 2.79. The van der Waals surface area contributed by atoms with Gasteiger partial charge in [0.2, 0.25) is 5.91 Å². The summed E-state index contributed by atoms with van der Waals surface area (Å²) in [7, 11) is 0. The van der Waals surface area contributed by atoms with Gasteiger partial charge in [0.05, 0.1) is 37.7 Å².